The van der Waals surface area contributed by atoms with Crippen molar-refractivity contribution in [3.63, 3.8) is 0 Å². The van der Waals surface area contributed by atoms with Gasteiger partial charge >= 0.3 is 7.60 Å². The summed E-state index contributed by atoms with van der Waals surface area (Å²) in [4.78, 5) is 22.0. The normalized spacial score (nSPS) is 30.2. The number of aliphatic hydroxyl groups is 3. The maximum absolute atomic E-state index is 12.1. The highest BCUT2D eigenvalue weighted by molar-refractivity contribution is 7.53. The number of aromatic nitrogens is 4. The van der Waals surface area contributed by atoms with Gasteiger partial charge < -0.3 is 35.2 Å². The van der Waals surface area contributed by atoms with E-state index >= 15 is 0 Å². The number of hydrogen-bond acceptors (Lipinski definition) is 10. The topological polar surface area (TPSA) is 186 Å². The molecule has 3 unspecified atom stereocenters. The van der Waals surface area contributed by atoms with Crippen LogP contribution >= 0.6 is 7.60 Å². The molecule has 0 amide bonds. The first-order valence-corrected chi connectivity index (χ1v) is 10.8. The van der Waals surface area contributed by atoms with Gasteiger partial charge in [0.15, 0.2) is 23.5 Å². The Labute approximate surface area is 166 Å². The van der Waals surface area contributed by atoms with E-state index in [0.29, 0.717) is 17.6 Å². The zero-order valence-electron chi connectivity index (χ0n) is 16.3. The number of aliphatic hydroxyl groups excluding tert-OH is 3. The average molecular weight is 431 g/mol. The van der Waals surface area contributed by atoms with Gasteiger partial charge in [0.2, 0.25) is 0 Å². The highest BCUT2D eigenvalue weighted by Gasteiger charge is 2.48. The van der Waals surface area contributed by atoms with Crippen LogP contribution in [0.3, 0.4) is 0 Å². The fourth-order valence-corrected chi connectivity index (χ4v) is 4.24. The summed E-state index contributed by atoms with van der Waals surface area (Å²) >= 11 is 0. The minimum atomic E-state index is -4.29. The van der Waals surface area contributed by atoms with E-state index in [1.807, 2.05) is 0 Å². The van der Waals surface area contributed by atoms with Crippen LogP contribution in [-0.2, 0) is 13.8 Å². The Morgan fingerprint density at radius 1 is 1.38 bits per heavy atom. The Morgan fingerprint density at radius 3 is 2.69 bits per heavy atom. The second-order valence-corrected chi connectivity index (χ2v) is 9.48. The van der Waals surface area contributed by atoms with E-state index < -0.39 is 43.6 Å². The highest BCUT2D eigenvalue weighted by Crippen LogP contribution is 2.52. The zero-order chi connectivity index (χ0) is 21.6. The molecule has 6 N–H and O–H groups in total. The Morgan fingerprint density at radius 2 is 2.07 bits per heavy atom. The van der Waals surface area contributed by atoms with Crippen LogP contribution in [0.25, 0.3) is 11.2 Å². The molecule has 1 saturated heterocycles. The van der Waals surface area contributed by atoms with Crippen LogP contribution in [-0.4, -0.2) is 69.5 Å². The Balaban J connectivity index is 1.83. The molecule has 1 aliphatic rings. The maximum Gasteiger partial charge on any atom is 0.356 e. The smallest absolute Gasteiger partial charge is 0.356 e. The summed E-state index contributed by atoms with van der Waals surface area (Å²) in [7, 11) is -4.29. The molecule has 162 valence electrons. The fraction of sp³-hybridized carbons (Fsp3) is 0.688. The predicted octanol–water partition coefficient (Wildman–Crippen LogP) is 0.127. The number of hydrogen-bond donors (Lipinski definition) is 5. The molecule has 13 heteroatoms. The standard InChI is InChI=1S/C16H26N5O7P/c1-4-16(3,28-29(25,26)8(2)22)5-9-11(23)12(24)15(27-9)21-7-20-10-13(17)18-6-19-14(10)21/h6-9,11-12,15,22-24H,4-5H2,1-3H3,(H,25,26)(H2,17,18,19)/t8-,9+,11+,12+,15?,16?/m0/s1. The summed E-state index contributed by atoms with van der Waals surface area (Å²) in [6, 6.07) is 0. The highest BCUT2D eigenvalue weighted by atomic mass is 31.2. The van der Waals surface area contributed by atoms with Crippen molar-refractivity contribution in [3.8, 4) is 0 Å². The Kier molecular flexibility index (Phi) is 5.98. The molecule has 0 saturated carbocycles. The quantitative estimate of drug-likeness (QED) is 0.375. The minimum Gasteiger partial charge on any atom is -0.388 e. The summed E-state index contributed by atoms with van der Waals surface area (Å²) < 4.78 is 24.8. The summed E-state index contributed by atoms with van der Waals surface area (Å²) in [5.74, 6) is -1.40. The zero-order valence-corrected chi connectivity index (χ0v) is 17.2. The van der Waals surface area contributed by atoms with Crippen LogP contribution in [0.1, 0.15) is 39.8 Å². The molecule has 1 aliphatic heterocycles. The van der Waals surface area contributed by atoms with Gasteiger partial charge in [0.05, 0.1) is 18.0 Å². The monoisotopic (exact) mass is 431 g/mol. The third-order valence-electron chi connectivity index (χ3n) is 5.20. The lowest BCUT2D eigenvalue weighted by Crippen LogP contribution is -2.38. The van der Waals surface area contributed by atoms with E-state index in [0.717, 1.165) is 6.92 Å². The van der Waals surface area contributed by atoms with Gasteiger partial charge in [0.25, 0.3) is 0 Å². The Hall–Kier alpha value is -1.66. The lowest BCUT2D eigenvalue weighted by molar-refractivity contribution is -0.0665. The van der Waals surface area contributed by atoms with Crippen LogP contribution < -0.4 is 5.73 Å². The van der Waals surface area contributed by atoms with Gasteiger partial charge in [0, 0.05) is 6.42 Å². The summed E-state index contributed by atoms with van der Waals surface area (Å²) in [5.41, 5.74) is 5.25. The number of nitrogen functional groups attached to an aromatic ring is 1. The maximum atomic E-state index is 12.1. The molecule has 0 aromatic carbocycles. The van der Waals surface area contributed by atoms with Crippen molar-refractivity contribution < 1.29 is 34.0 Å². The first kappa shape index (κ1) is 22.0. The molecule has 29 heavy (non-hydrogen) atoms. The van der Waals surface area contributed by atoms with Crippen molar-refractivity contribution in [2.45, 2.75) is 69.6 Å². The molecule has 0 spiro atoms. The molecular formula is C16H26N5O7P. The van der Waals surface area contributed by atoms with Crippen molar-refractivity contribution >= 4 is 24.6 Å². The van der Waals surface area contributed by atoms with Crippen LogP contribution in [0, 0.1) is 0 Å². The molecule has 7 atom stereocenters. The van der Waals surface area contributed by atoms with Gasteiger partial charge in [-0.15, -0.1) is 0 Å². The van der Waals surface area contributed by atoms with Gasteiger partial charge in [0.1, 0.15) is 24.1 Å². The molecular weight excluding hydrogens is 405 g/mol. The van der Waals surface area contributed by atoms with Crippen LogP contribution in [0.15, 0.2) is 12.7 Å². The first-order valence-electron chi connectivity index (χ1n) is 9.15. The molecule has 0 radical (unpaired) electrons. The van der Waals surface area contributed by atoms with Gasteiger partial charge in [-0.1, -0.05) is 6.92 Å². The lowest BCUT2D eigenvalue weighted by Gasteiger charge is -2.34. The third-order valence-corrected chi connectivity index (χ3v) is 6.85. The van der Waals surface area contributed by atoms with E-state index in [1.165, 1.54) is 17.2 Å². The second-order valence-electron chi connectivity index (χ2n) is 7.42. The SMILES string of the molecule is CCC(C)(C[C@H]1OC(n2cnc3c(N)ncnc32)[C@H](O)[C@@H]1O)OP(=O)(O)[C@@H](C)O. The lowest BCUT2D eigenvalue weighted by atomic mass is 9.93. The number of fused-ring (bicyclic) bond motifs is 1. The summed E-state index contributed by atoms with van der Waals surface area (Å²) in [6.07, 6.45) is -1.60. The van der Waals surface area contributed by atoms with Crippen molar-refractivity contribution in [2.24, 2.45) is 0 Å². The van der Waals surface area contributed by atoms with E-state index in [2.05, 4.69) is 15.0 Å². The number of ether oxygens (including phenoxy) is 1. The van der Waals surface area contributed by atoms with Crippen molar-refractivity contribution in [1.82, 2.24) is 19.5 Å². The second kappa shape index (κ2) is 7.88. The molecule has 2 aromatic heterocycles. The molecule has 1 fully saturated rings. The largest absolute Gasteiger partial charge is 0.388 e. The van der Waals surface area contributed by atoms with E-state index in [1.54, 1.807) is 13.8 Å². The van der Waals surface area contributed by atoms with Gasteiger partial charge in [-0.05, 0) is 20.3 Å². The average Bonchev–Trinajstić information content (AvgIpc) is 3.19. The molecule has 0 bridgehead atoms. The number of rotatable bonds is 7. The van der Waals surface area contributed by atoms with Gasteiger partial charge in [-0.25, -0.2) is 15.0 Å². The Bertz CT molecular complexity index is 924. The fourth-order valence-electron chi connectivity index (χ4n) is 3.25. The van der Waals surface area contributed by atoms with E-state index in [4.69, 9.17) is 15.0 Å². The molecule has 2 aromatic rings. The summed E-state index contributed by atoms with van der Waals surface area (Å²) in [6.45, 7) is 4.48. The van der Waals surface area contributed by atoms with Crippen LogP contribution in [0.2, 0.25) is 0 Å². The number of anilines is 1. The van der Waals surface area contributed by atoms with Crippen LogP contribution in [0.4, 0.5) is 5.82 Å². The van der Waals surface area contributed by atoms with E-state index in [9.17, 15) is 24.8 Å². The van der Waals surface area contributed by atoms with Crippen molar-refractivity contribution in [1.29, 1.82) is 0 Å². The summed E-state index contributed by atoms with van der Waals surface area (Å²) in [5, 5.41) is 30.5. The number of imidazole rings is 1. The molecule has 12 nitrogen and oxygen atoms in total. The molecule has 3 rings (SSSR count). The number of nitrogens with zero attached hydrogens (tertiary/aromatic N) is 4. The molecule has 3 heterocycles. The minimum absolute atomic E-state index is 0.000745. The van der Waals surface area contributed by atoms with Crippen molar-refractivity contribution in [3.05, 3.63) is 12.7 Å². The van der Waals surface area contributed by atoms with Crippen LogP contribution in [0.5, 0.6) is 0 Å². The first-order chi connectivity index (χ1) is 13.5. The van der Waals surface area contributed by atoms with Crippen molar-refractivity contribution in [2.75, 3.05) is 5.73 Å². The third kappa shape index (κ3) is 4.15. The molecule has 0 aliphatic carbocycles. The predicted molar refractivity (Wildman–Crippen MR) is 102 cm³/mol. The van der Waals surface area contributed by atoms with Gasteiger partial charge in [-0.3, -0.25) is 9.13 Å². The number of nitrogens with two attached hydrogens (primary N) is 1. The van der Waals surface area contributed by atoms with Gasteiger partial charge in [-0.2, -0.15) is 0 Å². The van der Waals surface area contributed by atoms with E-state index in [-0.39, 0.29) is 12.2 Å².